The maximum atomic E-state index is 12.3. The molecule has 8 nitrogen and oxygen atoms in total. The van der Waals surface area contributed by atoms with Crippen LogP contribution >= 0.6 is 27.3 Å². The molecule has 3 aromatic rings. The van der Waals surface area contributed by atoms with Crippen LogP contribution in [0.25, 0.3) is 11.4 Å². The summed E-state index contributed by atoms with van der Waals surface area (Å²) in [4.78, 5) is 31.4. The fourth-order valence-corrected chi connectivity index (χ4v) is 4.74. The van der Waals surface area contributed by atoms with Gasteiger partial charge in [0, 0.05) is 30.3 Å². The van der Waals surface area contributed by atoms with Gasteiger partial charge in [-0.2, -0.15) is 5.10 Å². The monoisotopic (exact) mass is 503 g/mol. The van der Waals surface area contributed by atoms with Crippen molar-refractivity contribution in [1.82, 2.24) is 20.5 Å². The molecular formula is C21H22BrN5O3S. The van der Waals surface area contributed by atoms with Crippen LogP contribution in [0.3, 0.4) is 0 Å². The number of thiophene rings is 1. The number of halogens is 1. The molecule has 10 heteroatoms. The first-order valence-corrected chi connectivity index (χ1v) is 11.5. The molecule has 4 rings (SSSR count). The number of aromatic amines is 1. The molecule has 1 aliphatic heterocycles. The molecule has 0 bridgehead atoms. The Bertz CT molecular complexity index is 1110. The second-order valence-corrected chi connectivity index (χ2v) is 9.84. The van der Waals surface area contributed by atoms with Gasteiger partial charge in [0.25, 0.3) is 11.8 Å². The first-order chi connectivity index (χ1) is 14.9. The largest absolute Gasteiger partial charge is 0.370 e. The first-order valence-electron chi connectivity index (χ1n) is 9.87. The Labute approximate surface area is 192 Å². The number of nitrogens with one attached hydrogen (secondary N) is 2. The lowest BCUT2D eigenvalue weighted by Crippen LogP contribution is -2.42. The fourth-order valence-electron chi connectivity index (χ4n) is 3.45. The molecule has 0 saturated carbocycles. The van der Waals surface area contributed by atoms with E-state index < -0.39 is 0 Å². The van der Waals surface area contributed by atoms with E-state index in [2.05, 4.69) is 36.4 Å². The van der Waals surface area contributed by atoms with E-state index in [0.29, 0.717) is 36.1 Å². The number of amides is 2. The number of morpholine rings is 1. The van der Waals surface area contributed by atoms with E-state index >= 15 is 0 Å². The van der Waals surface area contributed by atoms with Crippen LogP contribution in [-0.2, 0) is 16.0 Å². The van der Waals surface area contributed by atoms with Crippen molar-refractivity contribution in [3.63, 3.8) is 0 Å². The van der Waals surface area contributed by atoms with Gasteiger partial charge in [0.1, 0.15) is 6.61 Å². The minimum Gasteiger partial charge on any atom is -0.370 e. The van der Waals surface area contributed by atoms with E-state index in [1.54, 1.807) is 11.0 Å². The molecular weight excluding hydrogens is 482 g/mol. The lowest BCUT2D eigenvalue weighted by atomic mass is 10.1. The Hall–Kier alpha value is -2.56. The third-order valence-corrected chi connectivity index (χ3v) is 6.56. The summed E-state index contributed by atoms with van der Waals surface area (Å²) < 4.78 is 6.13. The number of carbonyl (C=O) groups excluding carboxylic acids is 2. The van der Waals surface area contributed by atoms with E-state index in [4.69, 9.17) is 4.74 Å². The van der Waals surface area contributed by atoms with Crippen molar-refractivity contribution in [3.05, 3.63) is 50.4 Å². The summed E-state index contributed by atoms with van der Waals surface area (Å²) in [5.41, 5.74) is 2.75. The summed E-state index contributed by atoms with van der Waals surface area (Å²) in [6, 6.07) is 9.37. The van der Waals surface area contributed by atoms with Gasteiger partial charge in [-0.25, -0.2) is 4.98 Å². The zero-order valence-electron chi connectivity index (χ0n) is 17.1. The SMILES string of the molecule is Cc1cc(-c2nc(CC(C)NC(=O)c3ccc(Br)s3)n[nH]2)ccc1N1CCOCC1=O. The predicted molar refractivity (Wildman–Crippen MR) is 122 cm³/mol. The van der Waals surface area contributed by atoms with E-state index in [0.717, 1.165) is 20.6 Å². The number of aryl methyl sites for hydroxylation is 1. The van der Waals surface area contributed by atoms with Crippen molar-refractivity contribution in [2.24, 2.45) is 0 Å². The van der Waals surface area contributed by atoms with Crippen LogP contribution in [0.5, 0.6) is 0 Å². The molecule has 162 valence electrons. The van der Waals surface area contributed by atoms with Gasteiger partial charge in [0.15, 0.2) is 11.6 Å². The van der Waals surface area contributed by atoms with Crippen molar-refractivity contribution >= 4 is 44.8 Å². The van der Waals surface area contributed by atoms with Crippen LogP contribution in [0.1, 0.15) is 28.0 Å². The molecule has 2 amide bonds. The number of rotatable bonds is 6. The van der Waals surface area contributed by atoms with E-state index in [1.807, 2.05) is 38.1 Å². The van der Waals surface area contributed by atoms with Gasteiger partial charge in [-0.1, -0.05) is 0 Å². The maximum Gasteiger partial charge on any atom is 0.261 e. The third-order valence-electron chi connectivity index (χ3n) is 4.94. The van der Waals surface area contributed by atoms with Crippen molar-refractivity contribution in [2.45, 2.75) is 26.3 Å². The zero-order valence-corrected chi connectivity index (χ0v) is 19.5. The number of anilines is 1. The Kier molecular flexibility index (Phi) is 6.49. The molecule has 1 atom stereocenters. The zero-order chi connectivity index (χ0) is 22.0. The van der Waals surface area contributed by atoms with Crippen molar-refractivity contribution in [3.8, 4) is 11.4 Å². The molecule has 0 radical (unpaired) electrons. The van der Waals surface area contributed by atoms with Crippen LogP contribution in [0.15, 0.2) is 34.1 Å². The fraction of sp³-hybridized carbons (Fsp3) is 0.333. The van der Waals surface area contributed by atoms with Gasteiger partial charge >= 0.3 is 0 Å². The number of aromatic nitrogens is 3. The molecule has 31 heavy (non-hydrogen) atoms. The minimum absolute atomic E-state index is 0.0324. The predicted octanol–water partition coefficient (Wildman–Crippen LogP) is 3.33. The summed E-state index contributed by atoms with van der Waals surface area (Å²) in [5, 5.41) is 10.2. The molecule has 0 spiro atoms. The summed E-state index contributed by atoms with van der Waals surface area (Å²) >= 11 is 4.76. The maximum absolute atomic E-state index is 12.3. The summed E-state index contributed by atoms with van der Waals surface area (Å²) in [5.74, 6) is 1.14. The quantitative estimate of drug-likeness (QED) is 0.537. The van der Waals surface area contributed by atoms with Crippen LogP contribution in [-0.4, -0.2) is 52.8 Å². The normalized spacial score (nSPS) is 15.2. The lowest BCUT2D eigenvalue weighted by Gasteiger charge is -2.28. The number of nitrogens with zero attached hydrogens (tertiary/aromatic N) is 3. The van der Waals surface area contributed by atoms with Gasteiger partial charge in [0.2, 0.25) is 0 Å². The molecule has 2 N–H and O–H groups in total. The second kappa shape index (κ2) is 9.29. The van der Waals surface area contributed by atoms with E-state index in [-0.39, 0.29) is 24.5 Å². The molecule has 1 fully saturated rings. The highest BCUT2D eigenvalue weighted by molar-refractivity contribution is 9.11. The number of ether oxygens (including phenoxy) is 1. The Morgan fingerprint density at radius 3 is 2.94 bits per heavy atom. The summed E-state index contributed by atoms with van der Waals surface area (Å²) in [7, 11) is 0. The van der Waals surface area contributed by atoms with Crippen molar-refractivity contribution in [2.75, 3.05) is 24.7 Å². The van der Waals surface area contributed by atoms with E-state index in [1.165, 1.54) is 11.3 Å². The number of hydrogen-bond donors (Lipinski definition) is 2. The van der Waals surface area contributed by atoms with Crippen molar-refractivity contribution < 1.29 is 14.3 Å². The van der Waals surface area contributed by atoms with Crippen LogP contribution < -0.4 is 10.2 Å². The molecule has 0 aliphatic carbocycles. The molecule has 1 unspecified atom stereocenters. The molecule has 1 saturated heterocycles. The summed E-state index contributed by atoms with van der Waals surface area (Å²) in [6.07, 6.45) is 0.508. The molecule has 1 aliphatic rings. The van der Waals surface area contributed by atoms with Crippen LogP contribution in [0.2, 0.25) is 0 Å². The highest BCUT2D eigenvalue weighted by Gasteiger charge is 2.22. The molecule has 2 aromatic heterocycles. The Balaban J connectivity index is 1.41. The Morgan fingerprint density at radius 2 is 2.23 bits per heavy atom. The minimum atomic E-state index is -0.117. The van der Waals surface area contributed by atoms with Gasteiger partial charge < -0.3 is 15.0 Å². The summed E-state index contributed by atoms with van der Waals surface area (Å²) in [6.45, 7) is 5.10. The van der Waals surface area contributed by atoms with E-state index in [9.17, 15) is 9.59 Å². The third kappa shape index (κ3) is 5.03. The van der Waals surface area contributed by atoms with Gasteiger partial charge in [-0.05, 0) is 65.7 Å². The average molecular weight is 504 g/mol. The highest BCUT2D eigenvalue weighted by Crippen LogP contribution is 2.26. The molecule has 1 aromatic carbocycles. The van der Waals surface area contributed by atoms with Gasteiger partial charge in [0.05, 0.1) is 15.3 Å². The van der Waals surface area contributed by atoms with Crippen LogP contribution in [0, 0.1) is 6.92 Å². The average Bonchev–Trinajstić information content (AvgIpc) is 3.38. The van der Waals surface area contributed by atoms with Gasteiger partial charge in [-0.3, -0.25) is 14.7 Å². The van der Waals surface area contributed by atoms with Crippen molar-refractivity contribution in [1.29, 1.82) is 0 Å². The highest BCUT2D eigenvalue weighted by atomic mass is 79.9. The molecule has 3 heterocycles. The van der Waals surface area contributed by atoms with Crippen LogP contribution in [0.4, 0.5) is 5.69 Å². The van der Waals surface area contributed by atoms with Gasteiger partial charge in [-0.15, -0.1) is 11.3 Å². The topological polar surface area (TPSA) is 100 Å². The second-order valence-electron chi connectivity index (χ2n) is 7.38. The standard InChI is InChI=1S/C21H22BrN5O3S/c1-12-9-14(3-4-15(12)27-7-8-30-11-19(27)28)20-24-18(25-26-20)10-13(2)23-21(29)16-5-6-17(22)31-16/h3-6,9,13H,7-8,10-11H2,1-2H3,(H,23,29)(H,24,25,26). The lowest BCUT2D eigenvalue weighted by molar-refractivity contribution is -0.125. The number of carbonyl (C=O) groups is 2. The smallest absolute Gasteiger partial charge is 0.261 e. The number of benzene rings is 1. The number of H-pyrrole nitrogens is 1. The Morgan fingerprint density at radius 1 is 1.39 bits per heavy atom. The number of hydrogen-bond acceptors (Lipinski definition) is 6. The first kappa shape index (κ1) is 21.7.